The number of hydrogen-bond acceptors (Lipinski definition) is 1. The van der Waals surface area contributed by atoms with Crippen LogP contribution in [0.1, 0.15) is 12.0 Å². The van der Waals surface area contributed by atoms with Gasteiger partial charge in [-0.15, -0.1) is 0 Å². The van der Waals surface area contributed by atoms with Crippen molar-refractivity contribution in [1.82, 2.24) is 0 Å². The van der Waals surface area contributed by atoms with E-state index in [2.05, 4.69) is 18.7 Å². The predicted molar refractivity (Wildman–Crippen MR) is 50.0 cm³/mol. The lowest BCUT2D eigenvalue weighted by Crippen LogP contribution is -1.88. The Balaban J connectivity index is 2.43. The van der Waals surface area contributed by atoms with Gasteiger partial charge in [-0.3, -0.25) is 4.79 Å². The lowest BCUT2D eigenvalue weighted by Gasteiger charge is -1.98. The molecule has 0 aliphatic rings. The van der Waals surface area contributed by atoms with Gasteiger partial charge in [0, 0.05) is 0 Å². The number of carbonyl (C=O) groups is 1. The number of hydrogen-bond donors (Lipinski definition) is 0. The Morgan fingerprint density at radius 1 is 1.33 bits per heavy atom. The molecule has 1 aromatic rings. The Morgan fingerprint density at radius 2 is 2.00 bits per heavy atom. The average Bonchev–Trinajstić information content (AvgIpc) is 2.16. The maximum atomic E-state index is 10.2. The Kier molecular flexibility index (Phi) is 3.27. The van der Waals surface area contributed by atoms with Crippen LogP contribution in [-0.4, -0.2) is 6.29 Å². The summed E-state index contributed by atoms with van der Waals surface area (Å²) >= 11 is 0. The van der Waals surface area contributed by atoms with Gasteiger partial charge in [-0.25, -0.2) is 0 Å². The molecule has 12 heavy (non-hydrogen) atoms. The molecule has 0 radical (unpaired) electrons. The molecule has 0 unspecified atom stereocenters. The van der Waals surface area contributed by atoms with Gasteiger partial charge in [0.15, 0.2) is 0 Å². The minimum atomic E-state index is 0.666. The standard InChI is InChI=1S/C11H12O/c1-10(9-12)7-8-11-5-3-2-4-6-11/h2-6,9H,1,7-8H2. The second-order valence-corrected chi connectivity index (χ2v) is 2.76. The molecule has 0 amide bonds. The molecule has 1 rings (SSSR count). The zero-order valence-electron chi connectivity index (χ0n) is 6.99. The molecule has 0 atom stereocenters. The monoisotopic (exact) mass is 160 g/mol. The first-order valence-electron chi connectivity index (χ1n) is 4.00. The topological polar surface area (TPSA) is 17.1 Å². The molecular weight excluding hydrogens is 148 g/mol. The van der Waals surface area contributed by atoms with Crippen molar-refractivity contribution in [3.63, 3.8) is 0 Å². The third-order valence-corrected chi connectivity index (χ3v) is 1.74. The Hall–Kier alpha value is -1.37. The van der Waals surface area contributed by atoms with E-state index in [9.17, 15) is 4.79 Å². The SMILES string of the molecule is C=C(C=O)CCc1ccccc1. The Morgan fingerprint density at radius 3 is 2.58 bits per heavy atom. The number of rotatable bonds is 4. The minimum absolute atomic E-state index is 0.666. The van der Waals surface area contributed by atoms with E-state index in [0.717, 1.165) is 19.1 Å². The van der Waals surface area contributed by atoms with Crippen LogP contribution in [0.2, 0.25) is 0 Å². The van der Waals surface area contributed by atoms with Gasteiger partial charge in [0.1, 0.15) is 6.29 Å². The zero-order valence-corrected chi connectivity index (χ0v) is 6.99. The fourth-order valence-corrected chi connectivity index (χ4v) is 1.01. The van der Waals surface area contributed by atoms with Gasteiger partial charge in [0.25, 0.3) is 0 Å². The highest BCUT2D eigenvalue weighted by Crippen LogP contribution is 2.05. The van der Waals surface area contributed by atoms with Crippen LogP contribution in [0.3, 0.4) is 0 Å². The Bertz CT molecular complexity index is 262. The van der Waals surface area contributed by atoms with E-state index in [0.29, 0.717) is 5.57 Å². The summed E-state index contributed by atoms with van der Waals surface area (Å²) < 4.78 is 0. The third-order valence-electron chi connectivity index (χ3n) is 1.74. The van der Waals surface area contributed by atoms with Crippen molar-refractivity contribution in [2.45, 2.75) is 12.8 Å². The van der Waals surface area contributed by atoms with Crippen LogP contribution in [0.15, 0.2) is 42.5 Å². The minimum Gasteiger partial charge on any atom is -0.298 e. The van der Waals surface area contributed by atoms with Crippen molar-refractivity contribution in [3.8, 4) is 0 Å². The van der Waals surface area contributed by atoms with Gasteiger partial charge in [-0.2, -0.15) is 0 Å². The number of carbonyl (C=O) groups excluding carboxylic acids is 1. The van der Waals surface area contributed by atoms with E-state index in [4.69, 9.17) is 0 Å². The predicted octanol–water partition coefficient (Wildman–Crippen LogP) is 2.37. The maximum Gasteiger partial charge on any atom is 0.145 e. The van der Waals surface area contributed by atoms with Crippen molar-refractivity contribution >= 4 is 6.29 Å². The summed E-state index contributed by atoms with van der Waals surface area (Å²) in [4.78, 5) is 10.2. The Labute approximate surface area is 72.7 Å². The summed E-state index contributed by atoms with van der Waals surface area (Å²) in [6.45, 7) is 3.62. The van der Waals surface area contributed by atoms with Crippen molar-refractivity contribution in [2.24, 2.45) is 0 Å². The quantitative estimate of drug-likeness (QED) is 0.488. The van der Waals surface area contributed by atoms with Crippen molar-refractivity contribution in [3.05, 3.63) is 48.0 Å². The molecule has 1 heteroatoms. The lowest BCUT2D eigenvalue weighted by molar-refractivity contribution is -0.105. The first kappa shape index (κ1) is 8.72. The summed E-state index contributed by atoms with van der Waals surface area (Å²) in [5.74, 6) is 0. The molecule has 0 saturated heterocycles. The molecule has 0 N–H and O–H groups in total. The molecular formula is C11H12O. The van der Waals surface area contributed by atoms with Crippen molar-refractivity contribution in [1.29, 1.82) is 0 Å². The summed E-state index contributed by atoms with van der Waals surface area (Å²) in [6.07, 6.45) is 2.48. The molecule has 0 aliphatic heterocycles. The fourth-order valence-electron chi connectivity index (χ4n) is 1.01. The largest absolute Gasteiger partial charge is 0.298 e. The van der Waals surface area contributed by atoms with E-state index in [1.165, 1.54) is 5.56 Å². The highest BCUT2D eigenvalue weighted by Gasteiger charge is 1.93. The molecule has 0 fully saturated rings. The summed E-state index contributed by atoms with van der Waals surface area (Å²) in [5, 5.41) is 0. The van der Waals surface area contributed by atoms with E-state index >= 15 is 0 Å². The second-order valence-electron chi connectivity index (χ2n) is 2.76. The van der Waals surface area contributed by atoms with Crippen LogP contribution in [0.5, 0.6) is 0 Å². The van der Waals surface area contributed by atoms with Crippen LogP contribution >= 0.6 is 0 Å². The van der Waals surface area contributed by atoms with Crippen LogP contribution < -0.4 is 0 Å². The van der Waals surface area contributed by atoms with Crippen LogP contribution in [0.4, 0.5) is 0 Å². The first-order chi connectivity index (χ1) is 5.83. The number of aryl methyl sites for hydroxylation is 1. The molecule has 62 valence electrons. The zero-order chi connectivity index (χ0) is 8.81. The van der Waals surface area contributed by atoms with E-state index in [1.54, 1.807) is 0 Å². The normalized spacial score (nSPS) is 9.33. The van der Waals surface area contributed by atoms with Crippen LogP contribution in [0.25, 0.3) is 0 Å². The van der Waals surface area contributed by atoms with Crippen molar-refractivity contribution < 1.29 is 4.79 Å². The summed E-state index contributed by atoms with van der Waals surface area (Å²) in [6, 6.07) is 10.1. The molecule has 0 aliphatic carbocycles. The summed E-state index contributed by atoms with van der Waals surface area (Å²) in [5.41, 5.74) is 1.92. The maximum absolute atomic E-state index is 10.2. The van der Waals surface area contributed by atoms with Gasteiger partial charge < -0.3 is 0 Å². The smallest absolute Gasteiger partial charge is 0.145 e. The fraction of sp³-hybridized carbons (Fsp3) is 0.182. The first-order valence-corrected chi connectivity index (χ1v) is 4.00. The third kappa shape index (κ3) is 2.70. The van der Waals surface area contributed by atoms with Crippen molar-refractivity contribution in [2.75, 3.05) is 0 Å². The molecule has 0 bridgehead atoms. The average molecular weight is 160 g/mol. The van der Waals surface area contributed by atoms with Gasteiger partial charge in [-0.1, -0.05) is 36.9 Å². The number of allylic oxidation sites excluding steroid dienone is 1. The number of aldehydes is 1. The van der Waals surface area contributed by atoms with E-state index in [-0.39, 0.29) is 0 Å². The highest BCUT2D eigenvalue weighted by atomic mass is 16.1. The highest BCUT2D eigenvalue weighted by molar-refractivity contribution is 5.71. The molecule has 0 aromatic heterocycles. The van der Waals surface area contributed by atoms with E-state index in [1.807, 2.05) is 18.2 Å². The second kappa shape index (κ2) is 4.50. The number of benzene rings is 1. The molecule has 1 nitrogen and oxygen atoms in total. The van der Waals surface area contributed by atoms with Crippen LogP contribution in [0, 0.1) is 0 Å². The van der Waals surface area contributed by atoms with Gasteiger partial charge in [0.05, 0.1) is 0 Å². The lowest BCUT2D eigenvalue weighted by atomic mass is 10.1. The summed E-state index contributed by atoms with van der Waals surface area (Å²) in [7, 11) is 0. The van der Waals surface area contributed by atoms with E-state index < -0.39 is 0 Å². The van der Waals surface area contributed by atoms with Gasteiger partial charge in [-0.05, 0) is 24.0 Å². The van der Waals surface area contributed by atoms with Crippen LogP contribution in [-0.2, 0) is 11.2 Å². The molecule has 1 aromatic carbocycles. The van der Waals surface area contributed by atoms with Gasteiger partial charge in [0.2, 0.25) is 0 Å². The molecule has 0 heterocycles. The molecule has 0 saturated carbocycles. The molecule has 0 spiro atoms. The van der Waals surface area contributed by atoms with Gasteiger partial charge >= 0.3 is 0 Å².